The molecule has 2 heterocycles. The number of anilines is 2. The number of nitrogens with two attached hydrogens (primary N) is 2. The molecule has 0 aliphatic carbocycles. The predicted octanol–water partition coefficient (Wildman–Crippen LogP) is 1.16. The Bertz CT molecular complexity index is 1020. The van der Waals surface area contributed by atoms with Crippen LogP contribution in [0.3, 0.4) is 0 Å². The number of aliphatic imine (C=N–C) groups is 1. The lowest BCUT2D eigenvalue weighted by atomic mass is 10.1. The van der Waals surface area contributed by atoms with Crippen LogP contribution in [0.25, 0.3) is 22.4 Å². The third-order valence-corrected chi connectivity index (χ3v) is 3.83. The third kappa shape index (κ3) is 3.24. The Labute approximate surface area is 149 Å². The van der Waals surface area contributed by atoms with Crippen molar-refractivity contribution in [2.24, 2.45) is 4.99 Å². The highest BCUT2D eigenvalue weighted by molar-refractivity contribution is 5.94. The van der Waals surface area contributed by atoms with E-state index in [-0.39, 0.29) is 16.9 Å². The molecule has 3 aromatic rings. The van der Waals surface area contributed by atoms with E-state index in [1.807, 2.05) is 0 Å². The minimum absolute atomic E-state index is 0.152. The molecule has 136 valence electrons. The lowest BCUT2D eigenvalue weighted by molar-refractivity contribution is 0.146. The van der Waals surface area contributed by atoms with Gasteiger partial charge in [-0.05, 0) is 12.1 Å². The molecule has 0 aliphatic rings. The molecule has 0 aliphatic heterocycles. The zero-order valence-electron chi connectivity index (χ0n) is 14.5. The van der Waals surface area contributed by atoms with Crippen molar-refractivity contribution in [3.05, 3.63) is 34.2 Å². The van der Waals surface area contributed by atoms with Gasteiger partial charge in [0.2, 0.25) is 0 Å². The number of aromatic nitrogens is 3. The van der Waals surface area contributed by atoms with Crippen LogP contribution in [-0.4, -0.2) is 48.5 Å². The number of rotatable bonds is 6. The molecule has 0 amide bonds. The van der Waals surface area contributed by atoms with Crippen molar-refractivity contribution < 1.29 is 9.47 Å². The van der Waals surface area contributed by atoms with Gasteiger partial charge in [-0.3, -0.25) is 9.79 Å². The fourth-order valence-corrected chi connectivity index (χ4v) is 2.56. The number of fused-ring (bicyclic) bond motifs is 1. The average Bonchev–Trinajstić information content (AvgIpc) is 3.02. The van der Waals surface area contributed by atoms with Crippen molar-refractivity contribution in [1.82, 2.24) is 15.0 Å². The van der Waals surface area contributed by atoms with E-state index in [0.717, 1.165) is 0 Å². The fourth-order valence-electron chi connectivity index (χ4n) is 2.56. The zero-order chi connectivity index (χ0) is 18.7. The van der Waals surface area contributed by atoms with Crippen LogP contribution in [0, 0.1) is 0 Å². The van der Waals surface area contributed by atoms with Gasteiger partial charge < -0.3 is 30.9 Å². The number of hydrogen-bond acceptors (Lipinski definition) is 7. The summed E-state index contributed by atoms with van der Waals surface area (Å²) in [5.74, 6) is 1.00. The van der Waals surface area contributed by atoms with E-state index in [4.69, 9.17) is 20.9 Å². The number of methoxy groups -OCH3 is 1. The predicted molar refractivity (Wildman–Crippen MR) is 102 cm³/mol. The molecule has 0 unspecified atom stereocenters. The van der Waals surface area contributed by atoms with Crippen LogP contribution < -0.4 is 21.8 Å². The molecular formula is C17H20N6O3. The van der Waals surface area contributed by atoms with Crippen LogP contribution in [0.2, 0.25) is 0 Å². The number of nitrogens with zero attached hydrogens (tertiary/aromatic N) is 2. The van der Waals surface area contributed by atoms with E-state index in [9.17, 15) is 4.79 Å². The van der Waals surface area contributed by atoms with Gasteiger partial charge in [0.05, 0.1) is 34.7 Å². The second-order valence-corrected chi connectivity index (χ2v) is 5.56. The standard InChI is InChI=1S/C17H20N6O3/c1-20-8-12-14(18)15(19)13(17(24)23-12)16-21-10-4-3-9(7-11(10)22-16)26-6-5-25-2/h3-4,7-8H,5-6,18H2,1-2H3,(H,21,22)(H3,19,23,24). The van der Waals surface area contributed by atoms with Gasteiger partial charge in [0.1, 0.15) is 23.7 Å². The highest BCUT2D eigenvalue weighted by Gasteiger charge is 2.17. The van der Waals surface area contributed by atoms with Crippen LogP contribution in [0.4, 0.5) is 11.4 Å². The SMILES string of the molecule is CN=Cc1[nH]c(=O)c(-c2nc3ccc(OCCOC)cc3[nH]2)c(N)c1N. The molecular weight excluding hydrogens is 336 g/mol. The first-order chi connectivity index (χ1) is 12.5. The summed E-state index contributed by atoms with van der Waals surface area (Å²) in [7, 11) is 3.19. The molecule has 9 nitrogen and oxygen atoms in total. The summed E-state index contributed by atoms with van der Waals surface area (Å²) in [5.41, 5.74) is 14.0. The molecule has 3 rings (SSSR count). The second-order valence-electron chi connectivity index (χ2n) is 5.56. The van der Waals surface area contributed by atoms with E-state index in [0.29, 0.717) is 41.5 Å². The second kappa shape index (κ2) is 7.28. The fraction of sp³-hybridized carbons (Fsp3) is 0.235. The van der Waals surface area contributed by atoms with E-state index < -0.39 is 5.56 Å². The summed E-state index contributed by atoms with van der Waals surface area (Å²) in [6.45, 7) is 0.928. The molecule has 0 bridgehead atoms. The smallest absolute Gasteiger partial charge is 0.261 e. The number of ether oxygens (including phenoxy) is 2. The largest absolute Gasteiger partial charge is 0.491 e. The Morgan fingerprint density at radius 1 is 1.23 bits per heavy atom. The summed E-state index contributed by atoms with van der Waals surface area (Å²) in [4.78, 5) is 26.5. The third-order valence-electron chi connectivity index (χ3n) is 3.83. The highest BCUT2D eigenvalue weighted by atomic mass is 16.5. The first-order valence-corrected chi connectivity index (χ1v) is 7.90. The normalized spacial score (nSPS) is 11.5. The summed E-state index contributed by atoms with van der Waals surface area (Å²) >= 11 is 0. The first kappa shape index (κ1) is 17.5. The van der Waals surface area contributed by atoms with Crippen molar-refractivity contribution in [3.63, 3.8) is 0 Å². The number of aromatic amines is 2. The molecule has 0 fully saturated rings. The van der Waals surface area contributed by atoms with Crippen LogP contribution in [0.1, 0.15) is 5.69 Å². The van der Waals surface area contributed by atoms with Crippen molar-refractivity contribution >= 4 is 28.6 Å². The van der Waals surface area contributed by atoms with Crippen LogP contribution in [0.15, 0.2) is 28.0 Å². The van der Waals surface area contributed by atoms with E-state index in [2.05, 4.69) is 19.9 Å². The number of imidazole rings is 1. The maximum Gasteiger partial charge on any atom is 0.261 e. The number of H-pyrrole nitrogens is 2. The molecule has 9 heteroatoms. The lowest BCUT2D eigenvalue weighted by Crippen LogP contribution is -2.18. The van der Waals surface area contributed by atoms with Crippen molar-refractivity contribution in [3.8, 4) is 17.1 Å². The number of pyridine rings is 1. The molecule has 1 aromatic carbocycles. The Hall–Kier alpha value is -3.33. The molecule has 6 N–H and O–H groups in total. The molecule has 26 heavy (non-hydrogen) atoms. The quantitative estimate of drug-likeness (QED) is 0.385. The van der Waals surface area contributed by atoms with Gasteiger partial charge in [-0.25, -0.2) is 4.98 Å². The lowest BCUT2D eigenvalue weighted by Gasteiger charge is -2.07. The van der Waals surface area contributed by atoms with Crippen molar-refractivity contribution in [2.75, 3.05) is 38.8 Å². The molecule has 0 radical (unpaired) electrons. The monoisotopic (exact) mass is 356 g/mol. The molecule has 0 atom stereocenters. The Balaban J connectivity index is 2.03. The number of nitrogen functional groups attached to an aromatic ring is 2. The van der Waals surface area contributed by atoms with E-state index >= 15 is 0 Å². The Morgan fingerprint density at radius 2 is 2.04 bits per heavy atom. The van der Waals surface area contributed by atoms with Gasteiger partial charge in [0.25, 0.3) is 5.56 Å². The van der Waals surface area contributed by atoms with Gasteiger partial charge in [-0.2, -0.15) is 0 Å². The number of nitrogens with one attached hydrogen (secondary N) is 2. The van der Waals surface area contributed by atoms with Crippen molar-refractivity contribution in [1.29, 1.82) is 0 Å². The average molecular weight is 356 g/mol. The zero-order valence-corrected chi connectivity index (χ0v) is 14.5. The van der Waals surface area contributed by atoms with Gasteiger partial charge in [-0.1, -0.05) is 0 Å². The molecule has 0 saturated carbocycles. The molecule has 0 saturated heterocycles. The first-order valence-electron chi connectivity index (χ1n) is 7.90. The highest BCUT2D eigenvalue weighted by Crippen LogP contribution is 2.28. The minimum Gasteiger partial charge on any atom is -0.491 e. The summed E-state index contributed by atoms with van der Waals surface area (Å²) < 4.78 is 10.5. The topological polar surface area (TPSA) is 144 Å². The van der Waals surface area contributed by atoms with Gasteiger partial charge in [0.15, 0.2) is 0 Å². The summed E-state index contributed by atoms with van der Waals surface area (Å²) in [5, 5.41) is 0. The van der Waals surface area contributed by atoms with Crippen LogP contribution in [-0.2, 0) is 4.74 Å². The van der Waals surface area contributed by atoms with Crippen LogP contribution in [0.5, 0.6) is 5.75 Å². The molecule has 2 aromatic heterocycles. The van der Waals surface area contributed by atoms with Gasteiger partial charge in [0, 0.05) is 26.4 Å². The van der Waals surface area contributed by atoms with E-state index in [1.165, 1.54) is 6.21 Å². The maximum atomic E-state index is 12.5. The number of benzene rings is 1. The van der Waals surface area contributed by atoms with Crippen molar-refractivity contribution in [2.45, 2.75) is 0 Å². The Kier molecular flexibility index (Phi) is 4.90. The van der Waals surface area contributed by atoms with Gasteiger partial charge in [-0.15, -0.1) is 0 Å². The summed E-state index contributed by atoms with van der Waals surface area (Å²) in [6.07, 6.45) is 1.44. The van der Waals surface area contributed by atoms with Gasteiger partial charge >= 0.3 is 0 Å². The van der Waals surface area contributed by atoms with E-state index in [1.54, 1.807) is 32.4 Å². The Morgan fingerprint density at radius 3 is 2.77 bits per heavy atom. The molecule has 0 spiro atoms. The minimum atomic E-state index is -0.401. The summed E-state index contributed by atoms with van der Waals surface area (Å²) in [6, 6.07) is 5.39. The number of hydrogen-bond donors (Lipinski definition) is 4. The van der Waals surface area contributed by atoms with Crippen LogP contribution >= 0.6 is 0 Å². The maximum absolute atomic E-state index is 12.5.